The second-order valence-corrected chi connectivity index (χ2v) is 5.09. The highest BCUT2D eigenvalue weighted by atomic mass is 35.5. The first-order valence-corrected chi connectivity index (χ1v) is 6.48. The van der Waals surface area contributed by atoms with Gasteiger partial charge in [-0.1, -0.05) is 24.4 Å². The van der Waals surface area contributed by atoms with Gasteiger partial charge in [0.05, 0.1) is 12.2 Å². The molecule has 1 aliphatic rings. The summed E-state index contributed by atoms with van der Waals surface area (Å²) in [4.78, 5) is 11.5. The number of carbonyl (C=O) groups is 1. The van der Waals surface area contributed by atoms with Crippen LogP contribution >= 0.6 is 11.6 Å². The van der Waals surface area contributed by atoms with Crippen LogP contribution in [0.1, 0.15) is 43.0 Å². The second kappa shape index (κ2) is 5.54. The van der Waals surface area contributed by atoms with Crippen LogP contribution in [0.2, 0.25) is 5.02 Å². The molecule has 0 aromatic heterocycles. The average Bonchev–Trinajstić information content (AvgIpc) is 2.80. The third-order valence-electron chi connectivity index (χ3n) is 3.27. The molecule has 1 aromatic rings. The SMILES string of the molecule is CC(=O)c1cc(Cl)ccc1OCC1CCCC1. The largest absolute Gasteiger partial charge is 0.493 e. The molecule has 0 atom stereocenters. The van der Waals surface area contributed by atoms with Crippen LogP contribution in [-0.2, 0) is 0 Å². The highest BCUT2D eigenvalue weighted by Gasteiger charge is 2.17. The maximum atomic E-state index is 11.5. The summed E-state index contributed by atoms with van der Waals surface area (Å²) in [6, 6.07) is 5.22. The fraction of sp³-hybridized carbons (Fsp3) is 0.500. The average molecular weight is 253 g/mol. The van der Waals surface area contributed by atoms with E-state index < -0.39 is 0 Å². The number of halogens is 1. The van der Waals surface area contributed by atoms with Gasteiger partial charge in [0, 0.05) is 5.02 Å². The Morgan fingerprint density at radius 1 is 1.41 bits per heavy atom. The molecule has 0 radical (unpaired) electrons. The number of benzene rings is 1. The van der Waals surface area contributed by atoms with Crippen LogP contribution in [0.3, 0.4) is 0 Å². The lowest BCUT2D eigenvalue weighted by Gasteiger charge is -2.13. The zero-order valence-corrected chi connectivity index (χ0v) is 10.8. The molecule has 0 heterocycles. The number of Topliss-reactive ketones (excluding diaryl/α,β-unsaturated/α-hetero) is 1. The molecule has 1 aromatic carbocycles. The van der Waals surface area contributed by atoms with E-state index >= 15 is 0 Å². The molecule has 0 N–H and O–H groups in total. The van der Waals surface area contributed by atoms with Gasteiger partial charge in [-0.2, -0.15) is 0 Å². The number of hydrogen-bond acceptors (Lipinski definition) is 2. The maximum absolute atomic E-state index is 11.5. The maximum Gasteiger partial charge on any atom is 0.163 e. The minimum atomic E-state index is -0.00563. The van der Waals surface area contributed by atoms with Crippen molar-refractivity contribution in [1.82, 2.24) is 0 Å². The Hall–Kier alpha value is -1.02. The van der Waals surface area contributed by atoms with Gasteiger partial charge in [0.25, 0.3) is 0 Å². The minimum Gasteiger partial charge on any atom is -0.493 e. The number of hydrogen-bond donors (Lipinski definition) is 0. The first kappa shape index (κ1) is 12.4. The molecule has 0 unspecified atom stereocenters. The monoisotopic (exact) mass is 252 g/mol. The molecule has 3 heteroatoms. The molecule has 0 bridgehead atoms. The lowest BCUT2D eigenvalue weighted by Crippen LogP contribution is -2.10. The van der Waals surface area contributed by atoms with Gasteiger partial charge in [0.2, 0.25) is 0 Å². The predicted molar refractivity (Wildman–Crippen MR) is 68.9 cm³/mol. The molecule has 92 valence electrons. The molecular formula is C14H17ClO2. The van der Waals surface area contributed by atoms with Crippen molar-refractivity contribution in [3.05, 3.63) is 28.8 Å². The Morgan fingerprint density at radius 2 is 2.12 bits per heavy atom. The van der Waals surface area contributed by atoms with Gasteiger partial charge in [0.15, 0.2) is 5.78 Å². The van der Waals surface area contributed by atoms with Gasteiger partial charge in [-0.15, -0.1) is 0 Å². The van der Waals surface area contributed by atoms with Gasteiger partial charge in [-0.3, -0.25) is 4.79 Å². The molecule has 2 nitrogen and oxygen atoms in total. The van der Waals surface area contributed by atoms with Crippen molar-refractivity contribution in [2.24, 2.45) is 5.92 Å². The molecule has 1 saturated carbocycles. The lowest BCUT2D eigenvalue weighted by atomic mass is 10.1. The van der Waals surface area contributed by atoms with Crippen molar-refractivity contribution in [2.45, 2.75) is 32.6 Å². The van der Waals surface area contributed by atoms with E-state index in [-0.39, 0.29) is 5.78 Å². The summed E-state index contributed by atoms with van der Waals surface area (Å²) < 4.78 is 5.76. The van der Waals surface area contributed by atoms with Crippen LogP contribution in [0.5, 0.6) is 5.75 Å². The van der Waals surface area contributed by atoms with E-state index in [9.17, 15) is 4.79 Å². The van der Waals surface area contributed by atoms with Crippen LogP contribution in [0.15, 0.2) is 18.2 Å². The first-order valence-electron chi connectivity index (χ1n) is 6.10. The highest BCUT2D eigenvalue weighted by Crippen LogP contribution is 2.28. The topological polar surface area (TPSA) is 26.3 Å². The molecule has 17 heavy (non-hydrogen) atoms. The summed E-state index contributed by atoms with van der Waals surface area (Å²) in [5.41, 5.74) is 0.579. The van der Waals surface area contributed by atoms with Gasteiger partial charge in [-0.25, -0.2) is 0 Å². The van der Waals surface area contributed by atoms with Gasteiger partial charge in [-0.05, 0) is 43.9 Å². The summed E-state index contributed by atoms with van der Waals surface area (Å²) in [5, 5.41) is 0.573. The van der Waals surface area contributed by atoms with E-state index in [2.05, 4.69) is 0 Å². The van der Waals surface area contributed by atoms with Crippen LogP contribution in [0.4, 0.5) is 0 Å². The summed E-state index contributed by atoms with van der Waals surface area (Å²) >= 11 is 5.88. The molecule has 0 amide bonds. The Kier molecular flexibility index (Phi) is 4.06. The standard InChI is InChI=1S/C14H17ClO2/c1-10(16)13-8-12(15)6-7-14(13)17-9-11-4-2-3-5-11/h6-8,11H,2-5,9H2,1H3. The van der Waals surface area contributed by atoms with E-state index in [1.807, 2.05) is 0 Å². The third kappa shape index (κ3) is 3.22. The second-order valence-electron chi connectivity index (χ2n) is 4.66. The summed E-state index contributed by atoms with van der Waals surface area (Å²) in [5.74, 6) is 1.30. The van der Waals surface area contributed by atoms with Crippen LogP contribution in [0, 0.1) is 5.92 Å². The summed E-state index contributed by atoms with van der Waals surface area (Å²) in [6.45, 7) is 2.25. The fourth-order valence-corrected chi connectivity index (χ4v) is 2.46. The van der Waals surface area contributed by atoms with Gasteiger partial charge in [0.1, 0.15) is 5.75 Å². The van der Waals surface area contributed by atoms with E-state index in [1.165, 1.54) is 32.6 Å². The van der Waals surface area contributed by atoms with E-state index in [1.54, 1.807) is 18.2 Å². The third-order valence-corrected chi connectivity index (χ3v) is 3.51. The lowest BCUT2D eigenvalue weighted by molar-refractivity contribution is 0.101. The smallest absolute Gasteiger partial charge is 0.163 e. The molecular weight excluding hydrogens is 236 g/mol. The van der Waals surface area contributed by atoms with Crippen molar-refractivity contribution in [1.29, 1.82) is 0 Å². The van der Waals surface area contributed by atoms with E-state index in [4.69, 9.17) is 16.3 Å². The molecule has 0 aliphatic heterocycles. The highest BCUT2D eigenvalue weighted by molar-refractivity contribution is 6.31. The normalized spacial score (nSPS) is 16.1. The number of ether oxygens (including phenoxy) is 1. The van der Waals surface area contributed by atoms with Gasteiger partial charge >= 0.3 is 0 Å². The Labute approximate surface area is 107 Å². The van der Waals surface area contributed by atoms with Crippen molar-refractivity contribution in [2.75, 3.05) is 6.61 Å². The fourth-order valence-electron chi connectivity index (χ4n) is 2.29. The number of ketones is 1. The van der Waals surface area contributed by atoms with E-state index in [0.717, 1.165) is 0 Å². The molecule has 1 fully saturated rings. The summed E-state index contributed by atoms with van der Waals surface area (Å²) in [6.07, 6.45) is 5.08. The zero-order valence-electron chi connectivity index (χ0n) is 10.0. The Balaban J connectivity index is 2.06. The van der Waals surface area contributed by atoms with Crippen molar-refractivity contribution >= 4 is 17.4 Å². The first-order chi connectivity index (χ1) is 8.16. The molecule has 0 spiro atoms. The van der Waals surface area contributed by atoms with Gasteiger partial charge < -0.3 is 4.74 Å². The van der Waals surface area contributed by atoms with Crippen molar-refractivity contribution in [3.8, 4) is 5.75 Å². The van der Waals surface area contributed by atoms with Crippen molar-refractivity contribution < 1.29 is 9.53 Å². The summed E-state index contributed by atoms with van der Waals surface area (Å²) in [7, 11) is 0. The Bertz CT molecular complexity index is 409. The quantitative estimate of drug-likeness (QED) is 0.754. The van der Waals surface area contributed by atoms with Crippen LogP contribution < -0.4 is 4.74 Å². The van der Waals surface area contributed by atoms with Crippen LogP contribution in [0.25, 0.3) is 0 Å². The van der Waals surface area contributed by atoms with Crippen LogP contribution in [-0.4, -0.2) is 12.4 Å². The van der Waals surface area contributed by atoms with E-state index in [0.29, 0.717) is 28.9 Å². The molecule has 2 rings (SSSR count). The number of rotatable bonds is 4. The number of carbonyl (C=O) groups excluding carboxylic acids is 1. The molecule has 1 aliphatic carbocycles. The minimum absolute atomic E-state index is 0.00563. The Morgan fingerprint density at radius 3 is 2.76 bits per heavy atom. The predicted octanol–water partition coefficient (Wildman–Crippen LogP) is 4.11. The molecule has 0 saturated heterocycles. The van der Waals surface area contributed by atoms with Crippen molar-refractivity contribution in [3.63, 3.8) is 0 Å². The zero-order chi connectivity index (χ0) is 12.3.